The minimum absolute atomic E-state index is 0.0296. The lowest BCUT2D eigenvalue weighted by molar-refractivity contribution is -0.120. The zero-order chi connectivity index (χ0) is 25.9. The molecule has 1 amide bonds. The standard InChI is InChI=1S/C26H30IN5O3S/c1-18(30-36(34,35)24-12-9-22(27)10-13-24)25(33)32(17-19-5-4-14-31(16-19)26(28)29)23-11-8-20-6-2-3-7-21(20)15-23/h2-3,6-13,15,18-19,30H,4-5,14,16-17H2,1H3,(H3,28,29)/t18-,19-/m1/s1. The quantitative estimate of drug-likeness (QED) is 0.212. The zero-order valence-corrected chi connectivity index (χ0v) is 23.0. The normalized spacial score (nSPS) is 17.1. The number of nitrogens with one attached hydrogen (secondary N) is 2. The molecule has 4 N–H and O–H groups in total. The number of carbonyl (C=O) groups is 1. The molecule has 36 heavy (non-hydrogen) atoms. The van der Waals surface area contributed by atoms with Crippen molar-refractivity contribution >= 4 is 60.9 Å². The maximum absolute atomic E-state index is 13.7. The molecule has 1 fully saturated rings. The molecule has 0 spiro atoms. The van der Waals surface area contributed by atoms with Crippen molar-refractivity contribution in [3.8, 4) is 0 Å². The van der Waals surface area contributed by atoms with E-state index >= 15 is 0 Å². The van der Waals surface area contributed by atoms with Gasteiger partial charge in [-0.1, -0.05) is 30.3 Å². The molecule has 190 valence electrons. The number of guanidine groups is 1. The van der Waals surface area contributed by atoms with E-state index in [1.54, 1.807) is 24.0 Å². The first-order valence-electron chi connectivity index (χ1n) is 11.8. The maximum atomic E-state index is 13.7. The Morgan fingerprint density at radius 3 is 2.56 bits per heavy atom. The topological polar surface area (TPSA) is 120 Å². The van der Waals surface area contributed by atoms with Crippen molar-refractivity contribution in [1.29, 1.82) is 5.41 Å². The highest BCUT2D eigenvalue weighted by atomic mass is 127. The van der Waals surface area contributed by atoms with E-state index in [-0.39, 0.29) is 22.7 Å². The number of benzene rings is 3. The van der Waals surface area contributed by atoms with E-state index in [0.717, 1.165) is 33.7 Å². The number of carbonyl (C=O) groups excluding carboxylic acids is 1. The van der Waals surface area contributed by atoms with Gasteiger partial charge in [0.25, 0.3) is 0 Å². The first-order valence-corrected chi connectivity index (χ1v) is 14.4. The summed E-state index contributed by atoms with van der Waals surface area (Å²) in [5.41, 5.74) is 6.43. The van der Waals surface area contributed by atoms with Gasteiger partial charge < -0.3 is 15.5 Å². The van der Waals surface area contributed by atoms with Gasteiger partial charge in [-0.15, -0.1) is 0 Å². The molecule has 1 saturated heterocycles. The Hall–Kier alpha value is -2.70. The number of hydrogen-bond donors (Lipinski definition) is 3. The van der Waals surface area contributed by atoms with Crippen LogP contribution in [0, 0.1) is 14.9 Å². The average Bonchev–Trinajstić information content (AvgIpc) is 2.86. The highest BCUT2D eigenvalue weighted by Crippen LogP contribution is 2.26. The summed E-state index contributed by atoms with van der Waals surface area (Å²) in [7, 11) is -3.88. The number of sulfonamides is 1. The molecule has 0 radical (unpaired) electrons. The number of likely N-dealkylation sites (tertiary alicyclic amines) is 1. The molecule has 0 unspecified atom stereocenters. The van der Waals surface area contributed by atoms with Crippen LogP contribution in [0.1, 0.15) is 19.8 Å². The van der Waals surface area contributed by atoms with E-state index in [1.807, 2.05) is 47.4 Å². The Morgan fingerprint density at radius 1 is 1.17 bits per heavy atom. The predicted octanol–water partition coefficient (Wildman–Crippen LogP) is 3.75. The fraction of sp³-hybridized carbons (Fsp3) is 0.308. The summed E-state index contributed by atoms with van der Waals surface area (Å²) in [6.45, 7) is 3.28. The summed E-state index contributed by atoms with van der Waals surface area (Å²) in [6, 6.07) is 19.2. The number of anilines is 1. The van der Waals surface area contributed by atoms with E-state index in [4.69, 9.17) is 11.1 Å². The fourth-order valence-corrected chi connectivity index (χ4v) is 6.11. The number of amides is 1. The Balaban J connectivity index is 1.61. The number of halogens is 1. The highest BCUT2D eigenvalue weighted by Gasteiger charge is 2.30. The van der Waals surface area contributed by atoms with Gasteiger partial charge in [0.05, 0.1) is 10.9 Å². The number of hydrogen-bond acceptors (Lipinski definition) is 4. The summed E-state index contributed by atoms with van der Waals surface area (Å²) >= 11 is 2.11. The fourth-order valence-electron chi connectivity index (χ4n) is 4.56. The molecular weight excluding hydrogens is 589 g/mol. The van der Waals surface area contributed by atoms with Crippen LogP contribution in [0.2, 0.25) is 0 Å². The van der Waals surface area contributed by atoms with Crippen LogP contribution >= 0.6 is 22.6 Å². The lowest BCUT2D eigenvalue weighted by Crippen LogP contribution is -2.51. The monoisotopic (exact) mass is 619 g/mol. The summed E-state index contributed by atoms with van der Waals surface area (Å²) in [4.78, 5) is 17.4. The number of nitrogens with zero attached hydrogens (tertiary/aromatic N) is 2. The van der Waals surface area contributed by atoms with Gasteiger partial charge in [-0.3, -0.25) is 10.2 Å². The van der Waals surface area contributed by atoms with Crippen LogP contribution in [0.3, 0.4) is 0 Å². The van der Waals surface area contributed by atoms with Crippen molar-refractivity contribution in [3.05, 3.63) is 70.3 Å². The Morgan fingerprint density at radius 2 is 1.86 bits per heavy atom. The van der Waals surface area contributed by atoms with Crippen molar-refractivity contribution in [2.75, 3.05) is 24.5 Å². The van der Waals surface area contributed by atoms with Crippen LogP contribution in [0.25, 0.3) is 10.8 Å². The second-order valence-electron chi connectivity index (χ2n) is 9.12. The molecule has 4 rings (SSSR count). The number of rotatable bonds is 7. The third kappa shape index (κ3) is 6.16. The Kier molecular flexibility index (Phi) is 8.16. The van der Waals surface area contributed by atoms with Crippen LogP contribution in [0.4, 0.5) is 5.69 Å². The predicted molar refractivity (Wildman–Crippen MR) is 151 cm³/mol. The summed E-state index contributed by atoms with van der Waals surface area (Å²) in [5, 5.41) is 9.86. The molecule has 3 aromatic carbocycles. The highest BCUT2D eigenvalue weighted by molar-refractivity contribution is 14.1. The molecule has 3 aromatic rings. The third-order valence-electron chi connectivity index (χ3n) is 6.44. The second-order valence-corrected chi connectivity index (χ2v) is 12.1. The second kappa shape index (κ2) is 11.1. The van der Waals surface area contributed by atoms with Gasteiger partial charge in [0.2, 0.25) is 15.9 Å². The first kappa shape index (κ1) is 26.4. The number of piperidine rings is 1. The minimum atomic E-state index is -3.88. The average molecular weight is 620 g/mol. The van der Waals surface area contributed by atoms with Gasteiger partial charge in [0.15, 0.2) is 5.96 Å². The van der Waals surface area contributed by atoms with Crippen LogP contribution in [0.15, 0.2) is 71.6 Å². The Bertz CT molecular complexity index is 1360. The molecule has 0 aliphatic carbocycles. The SMILES string of the molecule is C[C@@H](NS(=O)(=O)c1ccc(I)cc1)C(=O)N(C[C@@H]1CCCN(C(=N)N)C1)c1ccc2ccccc2c1. The van der Waals surface area contributed by atoms with Crippen molar-refractivity contribution in [2.45, 2.75) is 30.7 Å². The number of fused-ring (bicyclic) bond motifs is 1. The van der Waals surface area contributed by atoms with Gasteiger partial charge in [0, 0.05) is 28.9 Å². The van der Waals surface area contributed by atoms with E-state index in [0.29, 0.717) is 18.8 Å². The van der Waals surface area contributed by atoms with E-state index in [9.17, 15) is 13.2 Å². The van der Waals surface area contributed by atoms with E-state index < -0.39 is 16.1 Å². The van der Waals surface area contributed by atoms with Gasteiger partial charge in [-0.2, -0.15) is 4.72 Å². The molecule has 1 heterocycles. The lowest BCUT2D eigenvalue weighted by Gasteiger charge is -2.36. The molecule has 0 bridgehead atoms. The molecule has 0 saturated carbocycles. The molecule has 0 aromatic heterocycles. The van der Waals surface area contributed by atoms with Gasteiger partial charge in [0.1, 0.15) is 0 Å². The van der Waals surface area contributed by atoms with Gasteiger partial charge in [-0.25, -0.2) is 8.42 Å². The number of nitrogens with two attached hydrogens (primary N) is 1. The minimum Gasteiger partial charge on any atom is -0.370 e. The molecular formula is C26H30IN5O3S. The maximum Gasteiger partial charge on any atom is 0.244 e. The van der Waals surface area contributed by atoms with Crippen molar-refractivity contribution < 1.29 is 13.2 Å². The van der Waals surface area contributed by atoms with E-state index in [1.165, 1.54) is 12.1 Å². The molecule has 8 nitrogen and oxygen atoms in total. The molecule has 1 aliphatic heterocycles. The van der Waals surface area contributed by atoms with Crippen LogP contribution in [0.5, 0.6) is 0 Å². The van der Waals surface area contributed by atoms with Crippen molar-refractivity contribution in [3.63, 3.8) is 0 Å². The summed E-state index contributed by atoms with van der Waals surface area (Å²) < 4.78 is 29.4. The molecule has 1 aliphatic rings. The van der Waals surface area contributed by atoms with Crippen LogP contribution in [-0.2, 0) is 14.8 Å². The smallest absolute Gasteiger partial charge is 0.244 e. The van der Waals surface area contributed by atoms with Crippen LogP contribution < -0.4 is 15.4 Å². The first-order chi connectivity index (χ1) is 17.1. The third-order valence-corrected chi connectivity index (χ3v) is 8.71. The molecule has 10 heteroatoms. The van der Waals surface area contributed by atoms with Crippen LogP contribution in [-0.4, -0.2) is 50.9 Å². The molecule has 2 atom stereocenters. The lowest BCUT2D eigenvalue weighted by atomic mass is 9.96. The summed E-state index contributed by atoms with van der Waals surface area (Å²) in [6.07, 6.45) is 1.77. The Labute approximate surface area is 225 Å². The van der Waals surface area contributed by atoms with E-state index in [2.05, 4.69) is 27.3 Å². The zero-order valence-electron chi connectivity index (χ0n) is 20.0. The summed E-state index contributed by atoms with van der Waals surface area (Å²) in [5.74, 6) is -0.209. The van der Waals surface area contributed by atoms with Crippen molar-refractivity contribution in [1.82, 2.24) is 9.62 Å². The van der Waals surface area contributed by atoms with Crippen molar-refractivity contribution in [2.24, 2.45) is 11.7 Å². The van der Waals surface area contributed by atoms with Gasteiger partial charge in [-0.05, 0) is 95.4 Å². The largest absolute Gasteiger partial charge is 0.370 e. The van der Waals surface area contributed by atoms with Gasteiger partial charge >= 0.3 is 0 Å².